The highest BCUT2D eigenvalue weighted by Gasteiger charge is 2.22. The Morgan fingerprint density at radius 1 is 1.50 bits per heavy atom. The summed E-state index contributed by atoms with van der Waals surface area (Å²) in [7, 11) is 0. The number of likely N-dealkylation sites (tertiary alicyclic amines) is 1. The number of benzene rings is 1. The Labute approximate surface area is 118 Å². The van der Waals surface area contributed by atoms with E-state index in [0.717, 1.165) is 18.4 Å². The lowest BCUT2D eigenvalue weighted by atomic mass is 9.98. The van der Waals surface area contributed by atoms with Crippen LogP contribution in [-0.2, 0) is 0 Å². The molecule has 0 atom stereocenters. The van der Waals surface area contributed by atoms with Gasteiger partial charge < -0.3 is 15.3 Å². The zero-order valence-electron chi connectivity index (χ0n) is 11.6. The minimum atomic E-state index is -0.139. The second kappa shape index (κ2) is 6.40. The van der Waals surface area contributed by atoms with Crippen molar-refractivity contribution in [2.24, 2.45) is 5.92 Å². The number of piperidine rings is 1. The molecular weight excluding hydrogens is 254 g/mol. The maximum absolute atomic E-state index is 12.2. The molecular formula is C15H19N3O2. The quantitative estimate of drug-likeness (QED) is 0.866. The number of hydrogen-bond acceptors (Lipinski definition) is 3. The number of nitriles is 1. The Bertz CT molecular complexity index is 528. The number of aliphatic hydroxyl groups is 1. The van der Waals surface area contributed by atoms with Crippen molar-refractivity contribution in [1.29, 1.82) is 5.26 Å². The fourth-order valence-electron chi connectivity index (χ4n) is 2.34. The van der Waals surface area contributed by atoms with E-state index in [9.17, 15) is 4.79 Å². The number of anilines is 1. The number of carbonyl (C=O) groups is 1. The highest BCUT2D eigenvalue weighted by molar-refractivity contribution is 5.90. The lowest BCUT2D eigenvalue weighted by molar-refractivity contribution is 0.143. The third kappa shape index (κ3) is 3.28. The minimum absolute atomic E-state index is 0.139. The number of nitrogens with one attached hydrogen (secondary N) is 1. The van der Waals surface area contributed by atoms with Crippen LogP contribution in [0.25, 0.3) is 0 Å². The van der Waals surface area contributed by atoms with E-state index in [1.807, 2.05) is 13.0 Å². The lowest BCUT2D eigenvalue weighted by Gasteiger charge is -2.31. The smallest absolute Gasteiger partial charge is 0.321 e. The van der Waals surface area contributed by atoms with Gasteiger partial charge in [0.1, 0.15) is 0 Å². The summed E-state index contributed by atoms with van der Waals surface area (Å²) in [5.41, 5.74) is 2.14. The van der Waals surface area contributed by atoms with E-state index in [1.54, 1.807) is 17.0 Å². The molecule has 1 saturated heterocycles. The second-order valence-electron chi connectivity index (χ2n) is 5.18. The highest BCUT2D eigenvalue weighted by atomic mass is 16.3. The Kier molecular flexibility index (Phi) is 4.59. The maximum Gasteiger partial charge on any atom is 0.321 e. The maximum atomic E-state index is 12.2. The monoisotopic (exact) mass is 273 g/mol. The average Bonchev–Trinajstić information content (AvgIpc) is 2.49. The van der Waals surface area contributed by atoms with Gasteiger partial charge in [-0.3, -0.25) is 0 Å². The van der Waals surface area contributed by atoms with Crippen LogP contribution >= 0.6 is 0 Å². The van der Waals surface area contributed by atoms with Crippen LogP contribution in [-0.4, -0.2) is 35.7 Å². The molecule has 2 N–H and O–H groups in total. The van der Waals surface area contributed by atoms with Crippen LogP contribution in [0.1, 0.15) is 24.0 Å². The zero-order chi connectivity index (χ0) is 14.5. The fraction of sp³-hybridized carbons (Fsp3) is 0.467. The first-order valence-electron chi connectivity index (χ1n) is 6.81. The topological polar surface area (TPSA) is 76.4 Å². The molecule has 0 aliphatic carbocycles. The lowest BCUT2D eigenvalue weighted by Crippen LogP contribution is -2.41. The van der Waals surface area contributed by atoms with Gasteiger partial charge in [0.2, 0.25) is 0 Å². The molecule has 1 aliphatic heterocycles. The van der Waals surface area contributed by atoms with E-state index in [4.69, 9.17) is 10.4 Å². The van der Waals surface area contributed by atoms with Crippen LogP contribution in [0.2, 0.25) is 0 Å². The third-order valence-electron chi connectivity index (χ3n) is 3.77. The molecule has 5 heteroatoms. The van der Waals surface area contributed by atoms with Crippen molar-refractivity contribution >= 4 is 11.7 Å². The van der Waals surface area contributed by atoms with Crippen LogP contribution in [0.5, 0.6) is 0 Å². The van der Waals surface area contributed by atoms with E-state index >= 15 is 0 Å². The number of carbonyl (C=O) groups excluding carboxylic acids is 1. The Balaban J connectivity index is 2.00. The number of hydrogen-bond donors (Lipinski definition) is 2. The molecule has 0 unspecified atom stereocenters. The van der Waals surface area contributed by atoms with Crippen LogP contribution in [0.4, 0.5) is 10.5 Å². The van der Waals surface area contributed by atoms with Crippen molar-refractivity contribution in [3.63, 3.8) is 0 Å². The van der Waals surface area contributed by atoms with Crippen molar-refractivity contribution < 1.29 is 9.90 Å². The largest absolute Gasteiger partial charge is 0.396 e. The molecule has 1 heterocycles. The van der Waals surface area contributed by atoms with Crippen molar-refractivity contribution in [2.75, 3.05) is 25.0 Å². The van der Waals surface area contributed by atoms with Crippen molar-refractivity contribution in [1.82, 2.24) is 4.90 Å². The molecule has 0 aromatic heterocycles. The number of amides is 2. The van der Waals surface area contributed by atoms with Gasteiger partial charge in [0, 0.05) is 25.4 Å². The van der Waals surface area contributed by atoms with Crippen LogP contribution in [0.3, 0.4) is 0 Å². The van der Waals surface area contributed by atoms with Gasteiger partial charge in [-0.1, -0.05) is 6.07 Å². The summed E-state index contributed by atoms with van der Waals surface area (Å²) in [6.45, 7) is 3.41. The molecule has 0 bridgehead atoms. The summed E-state index contributed by atoms with van der Waals surface area (Å²) in [5.74, 6) is 0.308. The van der Waals surface area contributed by atoms with Gasteiger partial charge in [0.25, 0.3) is 0 Å². The number of aryl methyl sites for hydroxylation is 1. The van der Waals surface area contributed by atoms with Gasteiger partial charge in [-0.15, -0.1) is 0 Å². The van der Waals surface area contributed by atoms with Gasteiger partial charge >= 0.3 is 6.03 Å². The first-order valence-corrected chi connectivity index (χ1v) is 6.81. The van der Waals surface area contributed by atoms with E-state index in [2.05, 4.69) is 11.4 Å². The van der Waals surface area contributed by atoms with E-state index in [-0.39, 0.29) is 12.6 Å². The first kappa shape index (κ1) is 14.4. The van der Waals surface area contributed by atoms with Crippen molar-refractivity contribution in [3.8, 4) is 6.07 Å². The number of nitrogens with zero attached hydrogens (tertiary/aromatic N) is 2. The number of urea groups is 1. The van der Waals surface area contributed by atoms with Gasteiger partial charge in [-0.05, 0) is 43.4 Å². The normalized spacial score (nSPS) is 15.8. The second-order valence-corrected chi connectivity index (χ2v) is 5.18. The molecule has 20 heavy (non-hydrogen) atoms. The van der Waals surface area contributed by atoms with E-state index in [0.29, 0.717) is 30.3 Å². The van der Waals surface area contributed by atoms with Gasteiger partial charge in [0.15, 0.2) is 0 Å². The Hall–Kier alpha value is -2.06. The molecule has 1 aliphatic rings. The highest BCUT2D eigenvalue weighted by Crippen LogP contribution is 2.20. The predicted octanol–water partition coefficient (Wildman–Crippen LogP) is 2.10. The molecule has 1 aromatic carbocycles. The van der Waals surface area contributed by atoms with E-state index in [1.165, 1.54) is 0 Å². The van der Waals surface area contributed by atoms with Crippen LogP contribution in [0.15, 0.2) is 18.2 Å². The zero-order valence-corrected chi connectivity index (χ0v) is 11.6. The SMILES string of the molecule is Cc1ccc(C#N)cc1NC(=O)N1CCC(CO)CC1. The molecule has 2 amide bonds. The molecule has 0 saturated carbocycles. The predicted molar refractivity (Wildman–Crippen MR) is 76.3 cm³/mol. The summed E-state index contributed by atoms with van der Waals surface area (Å²) in [6.07, 6.45) is 1.67. The Morgan fingerprint density at radius 2 is 2.20 bits per heavy atom. The molecule has 106 valence electrons. The number of aliphatic hydroxyl groups excluding tert-OH is 1. The first-order chi connectivity index (χ1) is 9.63. The van der Waals surface area contributed by atoms with Crippen LogP contribution < -0.4 is 5.32 Å². The van der Waals surface area contributed by atoms with Gasteiger partial charge in [-0.2, -0.15) is 5.26 Å². The summed E-state index contributed by atoms with van der Waals surface area (Å²) in [4.78, 5) is 13.9. The van der Waals surface area contributed by atoms with Crippen molar-refractivity contribution in [2.45, 2.75) is 19.8 Å². The summed E-state index contributed by atoms with van der Waals surface area (Å²) >= 11 is 0. The summed E-state index contributed by atoms with van der Waals surface area (Å²) in [5, 5.41) is 20.9. The summed E-state index contributed by atoms with van der Waals surface area (Å²) in [6, 6.07) is 7.18. The molecule has 1 aromatic rings. The fourth-order valence-corrected chi connectivity index (χ4v) is 2.34. The average molecular weight is 273 g/mol. The standard InChI is InChI=1S/C15H19N3O2/c1-11-2-3-13(9-16)8-14(11)17-15(20)18-6-4-12(10-19)5-7-18/h2-3,8,12,19H,4-7,10H2,1H3,(H,17,20). The third-order valence-corrected chi connectivity index (χ3v) is 3.77. The van der Waals surface area contributed by atoms with E-state index < -0.39 is 0 Å². The van der Waals surface area contributed by atoms with Gasteiger partial charge in [0.05, 0.1) is 11.6 Å². The van der Waals surface area contributed by atoms with Crippen LogP contribution in [0, 0.1) is 24.2 Å². The van der Waals surface area contributed by atoms with Gasteiger partial charge in [-0.25, -0.2) is 4.79 Å². The Morgan fingerprint density at radius 3 is 2.80 bits per heavy atom. The minimum Gasteiger partial charge on any atom is -0.396 e. The molecule has 0 spiro atoms. The molecule has 0 radical (unpaired) electrons. The molecule has 1 fully saturated rings. The summed E-state index contributed by atoms with van der Waals surface area (Å²) < 4.78 is 0. The molecule has 2 rings (SSSR count). The van der Waals surface area contributed by atoms with Crippen molar-refractivity contribution in [3.05, 3.63) is 29.3 Å². The molecule has 5 nitrogen and oxygen atoms in total. The number of rotatable bonds is 2.